The zero-order chi connectivity index (χ0) is 21.1. The highest BCUT2D eigenvalue weighted by Crippen LogP contribution is 2.35. The van der Waals surface area contributed by atoms with E-state index in [1.165, 1.54) is 23.4 Å². The molecule has 0 spiro atoms. The Morgan fingerprint density at radius 2 is 1.79 bits per heavy atom. The van der Waals surface area contributed by atoms with E-state index in [9.17, 15) is 14.4 Å². The summed E-state index contributed by atoms with van der Waals surface area (Å²) in [5.74, 6) is -1.93. The number of carbonyl (C=O) groups excluding carboxylic acids is 3. The van der Waals surface area contributed by atoms with Crippen LogP contribution in [0.2, 0.25) is 10.0 Å². The second-order valence-corrected chi connectivity index (χ2v) is 8.01. The van der Waals surface area contributed by atoms with E-state index in [2.05, 4.69) is 10.3 Å². The lowest BCUT2D eigenvalue weighted by atomic mass is 9.90. The summed E-state index contributed by atoms with van der Waals surface area (Å²) in [5, 5.41) is 3.43. The molecular formula is C20H20Cl2N4O3. The van der Waals surface area contributed by atoms with Crippen LogP contribution in [0.25, 0.3) is 0 Å². The van der Waals surface area contributed by atoms with Crippen LogP contribution in [-0.4, -0.2) is 34.2 Å². The monoisotopic (exact) mass is 434 g/mol. The van der Waals surface area contributed by atoms with Gasteiger partial charge in [0.25, 0.3) is 0 Å². The average molecular weight is 435 g/mol. The van der Waals surface area contributed by atoms with Crippen LogP contribution in [0.15, 0.2) is 36.7 Å². The van der Waals surface area contributed by atoms with Crippen molar-refractivity contribution in [3.63, 3.8) is 0 Å². The van der Waals surface area contributed by atoms with Crippen LogP contribution in [-0.2, 0) is 9.59 Å². The number of nitrogens with one attached hydrogen (secondary N) is 1. The second-order valence-electron chi connectivity index (χ2n) is 7.14. The Morgan fingerprint density at radius 1 is 1.10 bits per heavy atom. The largest absolute Gasteiger partial charge is 0.366 e. The first kappa shape index (κ1) is 21.1. The number of nitrogens with two attached hydrogens (primary N) is 1. The van der Waals surface area contributed by atoms with Crippen LogP contribution in [0.5, 0.6) is 0 Å². The van der Waals surface area contributed by atoms with Crippen molar-refractivity contribution < 1.29 is 14.4 Å². The quantitative estimate of drug-likeness (QED) is 0.721. The highest BCUT2D eigenvalue weighted by Gasteiger charge is 2.34. The first-order valence-corrected chi connectivity index (χ1v) is 9.83. The topological polar surface area (TPSA) is 105 Å². The molecule has 29 heavy (non-hydrogen) atoms. The molecule has 7 nitrogen and oxygen atoms in total. The molecule has 2 heterocycles. The van der Waals surface area contributed by atoms with Gasteiger partial charge in [0, 0.05) is 22.8 Å². The first-order valence-electron chi connectivity index (χ1n) is 9.07. The zero-order valence-electron chi connectivity index (χ0n) is 15.7. The van der Waals surface area contributed by atoms with Gasteiger partial charge in [-0.1, -0.05) is 30.1 Å². The number of amides is 3. The molecule has 1 fully saturated rings. The van der Waals surface area contributed by atoms with Gasteiger partial charge in [-0.3, -0.25) is 19.4 Å². The van der Waals surface area contributed by atoms with E-state index < -0.39 is 17.7 Å². The van der Waals surface area contributed by atoms with Crippen molar-refractivity contribution >= 4 is 46.6 Å². The minimum absolute atomic E-state index is 0.133. The first-order chi connectivity index (χ1) is 13.7. The standard InChI is InChI=1S/C20H20Cl2N4O3/c1-11-2-3-17(12-4-14(21)7-15(22)5-12)26(10-11)20(29)19(28)25-16-6-13(18(23)27)8-24-9-16/h4-9,11,17H,2-3,10H2,1H3,(H2,23,27)(H,25,28). The van der Waals surface area contributed by atoms with E-state index in [0.717, 1.165) is 12.0 Å². The van der Waals surface area contributed by atoms with E-state index >= 15 is 0 Å². The number of piperidine rings is 1. The summed E-state index contributed by atoms with van der Waals surface area (Å²) in [6.07, 6.45) is 4.22. The molecule has 3 amide bonds. The maximum absolute atomic E-state index is 13.0. The molecular weight excluding hydrogens is 415 g/mol. The fourth-order valence-electron chi connectivity index (χ4n) is 3.45. The van der Waals surface area contributed by atoms with Crippen LogP contribution in [0.3, 0.4) is 0 Å². The number of benzene rings is 1. The lowest BCUT2D eigenvalue weighted by Crippen LogP contribution is -2.46. The fraction of sp³-hybridized carbons (Fsp3) is 0.300. The number of hydrogen-bond acceptors (Lipinski definition) is 4. The van der Waals surface area contributed by atoms with Crippen LogP contribution >= 0.6 is 23.2 Å². The Kier molecular flexibility index (Phi) is 6.39. The van der Waals surface area contributed by atoms with E-state index in [0.29, 0.717) is 23.0 Å². The summed E-state index contributed by atoms with van der Waals surface area (Å²) >= 11 is 12.2. The number of likely N-dealkylation sites (tertiary alicyclic amines) is 1. The van der Waals surface area contributed by atoms with E-state index in [1.807, 2.05) is 6.92 Å². The van der Waals surface area contributed by atoms with Crippen LogP contribution in [0.1, 0.15) is 41.7 Å². The summed E-state index contributed by atoms with van der Waals surface area (Å²) in [4.78, 5) is 42.2. The molecule has 0 radical (unpaired) electrons. The smallest absolute Gasteiger partial charge is 0.313 e. The lowest BCUT2D eigenvalue weighted by molar-refractivity contribution is -0.146. The summed E-state index contributed by atoms with van der Waals surface area (Å²) in [7, 11) is 0. The van der Waals surface area contributed by atoms with Gasteiger partial charge in [0.15, 0.2) is 0 Å². The molecule has 1 aromatic carbocycles. The summed E-state index contributed by atoms with van der Waals surface area (Å²) in [5.41, 5.74) is 6.36. The van der Waals surface area contributed by atoms with Crippen molar-refractivity contribution in [2.75, 3.05) is 11.9 Å². The van der Waals surface area contributed by atoms with E-state index in [-0.39, 0.29) is 23.2 Å². The van der Waals surface area contributed by atoms with Gasteiger partial charge in [-0.15, -0.1) is 0 Å². The Labute approximate surface area is 178 Å². The molecule has 9 heteroatoms. The predicted molar refractivity (Wildman–Crippen MR) is 111 cm³/mol. The number of pyridine rings is 1. The summed E-state index contributed by atoms with van der Waals surface area (Å²) in [6.45, 7) is 2.46. The molecule has 1 aliphatic rings. The normalized spacial score (nSPS) is 18.9. The molecule has 0 saturated carbocycles. The molecule has 0 aliphatic carbocycles. The number of hydrogen-bond donors (Lipinski definition) is 2. The highest BCUT2D eigenvalue weighted by atomic mass is 35.5. The van der Waals surface area contributed by atoms with Gasteiger partial charge >= 0.3 is 11.8 Å². The zero-order valence-corrected chi connectivity index (χ0v) is 17.2. The number of rotatable bonds is 3. The van der Waals surface area contributed by atoms with Crippen LogP contribution in [0.4, 0.5) is 5.69 Å². The third-order valence-electron chi connectivity index (χ3n) is 4.82. The number of anilines is 1. The average Bonchev–Trinajstić information content (AvgIpc) is 2.66. The Bertz CT molecular complexity index is 946. The number of carbonyl (C=O) groups is 3. The number of nitrogens with zero attached hydrogens (tertiary/aromatic N) is 2. The van der Waals surface area contributed by atoms with Gasteiger partial charge in [-0.25, -0.2) is 0 Å². The molecule has 3 rings (SSSR count). The molecule has 2 atom stereocenters. The van der Waals surface area contributed by atoms with Gasteiger partial charge in [-0.05, 0) is 48.6 Å². The SMILES string of the molecule is CC1CCC(c2cc(Cl)cc(Cl)c2)N(C(=O)C(=O)Nc2cncc(C(N)=O)c2)C1. The molecule has 1 aliphatic heterocycles. The van der Waals surface area contributed by atoms with Gasteiger partial charge < -0.3 is 16.0 Å². The number of primary amides is 1. The van der Waals surface area contributed by atoms with Crippen LogP contribution in [0, 0.1) is 5.92 Å². The molecule has 152 valence electrons. The fourth-order valence-corrected chi connectivity index (χ4v) is 3.99. The van der Waals surface area contributed by atoms with E-state index in [1.54, 1.807) is 18.2 Å². The van der Waals surface area contributed by atoms with Crippen LogP contribution < -0.4 is 11.1 Å². The number of halogens is 2. The van der Waals surface area contributed by atoms with Crippen molar-refractivity contribution in [1.82, 2.24) is 9.88 Å². The maximum atomic E-state index is 13.0. The van der Waals surface area contributed by atoms with Crippen molar-refractivity contribution in [2.24, 2.45) is 11.7 Å². The molecule has 1 aromatic heterocycles. The maximum Gasteiger partial charge on any atom is 0.313 e. The lowest BCUT2D eigenvalue weighted by Gasteiger charge is -2.38. The van der Waals surface area contributed by atoms with Crippen molar-refractivity contribution in [3.05, 3.63) is 57.8 Å². The molecule has 0 bridgehead atoms. The van der Waals surface area contributed by atoms with Crippen molar-refractivity contribution in [1.29, 1.82) is 0 Å². The third kappa shape index (κ3) is 5.05. The van der Waals surface area contributed by atoms with E-state index in [4.69, 9.17) is 28.9 Å². The summed E-state index contributed by atoms with van der Waals surface area (Å²) < 4.78 is 0. The molecule has 2 aromatic rings. The van der Waals surface area contributed by atoms with Gasteiger partial charge in [0.2, 0.25) is 5.91 Å². The number of aromatic nitrogens is 1. The minimum atomic E-state index is -0.819. The Hall–Kier alpha value is -2.64. The Morgan fingerprint density at radius 3 is 2.45 bits per heavy atom. The highest BCUT2D eigenvalue weighted by molar-refractivity contribution is 6.39. The second kappa shape index (κ2) is 8.80. The predicted octanol–water partition coefficient (Wildman–Crippen LogP) is 3.43. The van der Waals surface area contributed by atoms with Gasteiger partial charge in [-0.2, -0.15) is 0 Å². The van der Waals surface area contributed by atoms with Crippen molar-refractivity contribution in [2.45, 2.75) is 25.8 Å². The summed E-state index contributed by atoms with van der Waals surface area (Å²) in [6, 6.07) is 6.19. The Balaban J connectivity index is 1.83. The third-order valence-corrected chi connectivity index (χ3v) is 5.26. The minimum Gasteiger partial charge on any atom is -0.366 e. The van der Waals surface area contributed by atoms with Gasteiger partial charge in [0.05, 0.1) is 23.5 Å². The molecule has 1 saturated heterocycles. The van der Waals surface area contributed by atoms with Crippen molar-refractivity contribution in [3.8, 4) is 0 Å². The molecule has 3 N–H and O–H groups in total. The van der Waals surface area contributed by atoms with Gasteiger partial charge in [0.1, 0.15) is 0 Å². The molecule has 2 unspecified atom stereocenters.